The molecule has 1 heterocycles. The summed E-state index contributed by atoms with van der Waals surface area (Å²) in [6.07, 6.45) is 7.58. The monoisotopic (exact) mass is 234 g/mol. The zero-order chi connectivity index (χ0) is 12.1. The molecule has 1 aromatic heterocycles. The Kier molecular flexibility index (Phi) is 4.37. The van der Waals surface area contributed by atoms with Crippen LogP contribution >= 0.6 is 0 Å². The molecule has 0 amide bonds. The van der Waals surface area contributed by atoms with Crippen LogP contribution in [0.5, 0.6) is 5.75 Å². The van der Waals surface area contributed by atoms with Crippen molar-refractivity contribution in [2.45, 2.75) is 32.1 Å². The van der Waals surface area contributed by atoms with Crippen LogP contribution in [0, 0.1) is 5.92 Å². The molecule has 3 nitrogen and oxygen atoms in total. The summed E-state index contributed by atoms with van der Waals surface area (Å²) < 4.78 is 5.23. The number of methoxy groups -OCH3 is 1. The highest BCUT2D eigenvalue weighted by Gasteiger charge is 2.31. The molecule has 1 saturated carbocycles. The first kappa shape index (κ1) is 12.4. The van der Waals surface area contributed by atoms with E-state index in [9.17, 15) is 0 Å². The van der Waals surface area contributed by atoms with Crippen molar-refractivity contribution in [2.24, 2.45) is 5.92 Å². The van der Waals surface area contributed by atoms with Gasteiger partial charge in [0.1, 0.15) is 5.75 Å². The van der Waals surface area contributed by atoms with Gasteiger partial charge in [0, 0.05) is 6.20 Å². The number of nitrogens with zero attached hydrogens (tertiary/aromatic N) is 1. The van der Waals surface area contributed by atoms with Crippen LogP contribution < -0.4 is 10.1 Å². The zero-order valence-electron chi connectivity index (χ0n) is 10.8. The Morgan fingerprint density at radius 1 is 1.41 bits per heavy atom. The molecule has 0 aromatic carbocycles. The Bertz CT molecular complexity index is 354. The lowest BCUT2D eigenvalue weighted by molar-refractivity contribution is 0.245. The van der Waals surface area contributed by atoms with Crippen LogP contribution in [0.2, 0.25) is 0 Å². The molecule has 17 heavy (non-hydrogen) atoms. The second kappa shape index (κ2) is 6.01. The third-order valence-electron chi connectivity index (χ3n) is 3.65. The van der Waals surface area contributed by atoms with Gasteiger partial charge in [-0.1, -0.05) is 6.92 Å². The van der Waals surface area contributed by atoms with Crippen LogP contribution in [0.4, 0.5) is 0 Å². The summed E-state index contributed by atoms with van der Waals surface area (Å²) in [6.45, 7) is 4.46. The standard InChI is InChI=1S/C14H22N2O/c1-3-6-15-8-11-4-5-14(11)12-7-13(17-2)10-16-9-12/h7,9-11,14-15H,3-6,8H2,1-2H3. The maximum Gasteiger partial charge on any atom is 0.137 e. The molecule has 2 rings (SSSR count). The van der Waals surface area contributed by atoms with Crippen molar-refractivity contribution in [1.29, 1.82) is 0 Å². The topological polar surface area (TPSA) is 34.2 Å². The molecular weight excluding hydrogens is 212 g/mol. The third kappa shape index (κ3) is 2.97. The van der Waals surface area contributed by atoms with Gasteiger partial charge in [-0.25, -0.2) is 0 Å². The van der Waals surface area contributed by atoms with Gasteiger partial charge in [-0.05, 0) is 55.8 Å². The minimum absolute atomic E-state index is 0.668. The van der Waals surface area contributed by atoms with E-state index in [0.717, 1.165) is 24.8 Å². The summed E-state index contributed by atoms with van der Waals surface area (Å²) in [4.78, 5) is 4.24. The smallest absolute Gasteiger partial charge is 0.137 e. The maximum atomic E-state index is 5.23. The van der Waals surface area contributed by atoms with Gasteiger partial charge in [0.05, 0.1) is 13.3 Å². The van der Waals surface area contributed by atoms with Crippen LogP contribution in [0.15, 0.2) is 18.5 Å². The molecule has 1 N–H and O–H groups in total. The first-order valence-corrected chi connectivity index (χ1v) is 6.54. The molecule has 0 spiro atoms. The summed E-state index contributed by atoms with van der Waals surface area (Å²) in [6, 6.07) is 2.13. The summed E-state index contributed by atoms with van der Waals surface area (Å²) in [7, 11) is 1.70. The molecule has 2 atom stereocenters. The van der Waals surface area contributed by atoms with Gasteiger partial charge in [0.25, 0.3) is 0 Å². The highest BCUT2D eigenvalue weighted by atomic mass is 16.5. The minimum Gasteiger partial charge on any atom is -0.495 e. The lowest BCUT2D eigenvalue weighted by Gasteiger charge is -2.37. The van der Waals surface area contributed by atoms with Gasteiger partial charge in [0.15, 0.2) is 0 Å². The molecule has 1 aliphatic rings. The minimum atomic E-state index is 0.668. The number of ether oxygens (including phenoxy) is 1. The van der Waals surface area contributed by atoms with Crippen molar-refractivity contribution < 1.29 is 4.74 Å². The maximum absolute atomic E-state index is 5.23. The fraction of sp³-hybridized carbons (Fsp3) is 0.643. The molecule has 0 bridgehead atoms. The summed E-state index contributed by atoms with van der Waals surface area (Å²) in [5.74, 6) is 2.31. The van der Waals surface area contributed by atoms with Gasteiger partial charge in [0.2, 0.25) is 0 Å². The van der Waals surface area contributed by atoms with Gasteiger partial charge in [-0.2, -0.15) is 0 Å². The van der Waals surface area contributed by atoms with E-state index < -0.39 is 0 Å². The Hall–Kier alpha value is -1.09. The predicted octanol–water partition coefficient (Wildman–Crippen LogP) is 2.58. The first-order chi connectivity index (χ1) is 8.35. The molecule has 94 valence electrons. The number of hydrogen-bond donors (Lipinski definition) is 1. The van der Waals surface area contributed by atoms with Gasteiger partial charge in [-0.3, -0.25) is 4.98 Å². The fourth-order valence-corrected chi connectivity index (χ4v) is 2.47. The Labute approximate surface area is 104 Å². The van der Waals surface area contributed by atoms with E-state index in [2.05, 4.69) is 23.3 Å². The van der Waals surface area contributed by atoms with E-state index in [0.29, 0.717) is 5.92 Å². The SMILES string of the molecule is CCCNCC1CCC1c1cncc(OC)c1. The van der Waals surface area contributed by atoms with E-state index >= 15 is 0 Å². The molecule has 2 unspecified atom stereocenters. The van der Waals surface area contributed by atoms with Gasteiger partial charge >= 0.3 is 0 Å². The van der Waals surface area contributed by atoms with Crippen LogP contribution in [0.25, 0.3) is 0 Å². The Balaban J connectivity index is 1.92. The largest absolute Gasteiger partial charge is 0.495 e. The van der Waals surface area contributed by atoms with E-state index in [-0.39, 0.29) is 0 Å². The third-order valence-corrected chi connectivity index (χ3v) is 3.65. The summed E-state index contributed by atoms with van der Waals surface area (Å²) in [5, 5.41) is 3.51. The number of pyridine rings is 1. The van der Waals surface area contributed by atoms with E-state index in [1.807, 2.05) is 6.20 Å². The average molecular weight is 234 g/mol. The number of aromatic nitrogens is 1. The Morgan fingerprint density at radius 2 is 2.29 bits per heavy atom. The van der Waals surface area contributed by atoms with Crippen molar-refractivity contribution in [2.75, 3.05) is 20.2 Å². The fourth-order valence-electron chi connectivity index (χ4n) is 2.47. The first-order valence-electron chi connectivity index (χ1n) is 6.54. The number of hydrogen-bond acceptors (Lipinski definition) is 3. The van der Waals surface area contributed by atoms with Crippen molar-refractivity contribution >= 4 is 0 Å². The van der Waals surface area contributed by atoms with E-state index in [4.69, 9.17) is 4.74 Å². The van der Waals surface area contributed by atoms with Crippen molar-refractivity contribution in [1.82, 2.24) is 10.3 Å². The van der Waals surface area contributed by atoms with Crippen molar-refractivity contribution in [3.63, 3.8) is 0 Å². The number of nitrogens with one attached hydrogen (secondary N) is 1. The average Bonchev–Trinajstić information content (AvgIpc) is 2.33. The number of rotatable bonds is 6. The second-order valence-electron chi connectivity index (χ2n) is 4.81. The highest BCUT2D eigenvalue weighted by Crippen LogP contribution is 2.42. The molecule has 0 radical (unpaired) electrons. The van der Waals surface area contributed by atoms with E-state index in [1.54, 1.807) is 13.3 Å². The molecule has 0 aliphatic heterocycles. The van der Waals surface area contributed by atoms with Crippen molar-refractivity contribution in [3.8, 4) is 5.75 Å². The molecule has 1 fully saturated rings. The van der Waals surface area contributed by atoms with Gasteiger partial charge < -0.3 is 10.1 Å². The lowest BCUT2D eigenvalue weighted by atomic mass is 9.70. The summed E-state index contributed by atoms with van der Waals surface area (Å²) >= 11 is 0. The molecule has 1 aromatic rings. The molecule has 1 aliphatic carbocycles. The predicted molar refractivity (Wildman–Crippen MR) is 69.4 cm³/mol. The van der Waals surface area contributed by atoms with Crippen LogP contribution in [-0.2, 0) is 0 Å². The quantitative estimate of drug-likeness (QED) is 0.768. The van der Waals surface area contributed by atoms with Crippen LogP contribution in [0.3, 0.4) is 0 Å². The summed E-state index contributed by atoms with van der Waals surface area (Å²) in [5.41, 5.74) is 1.33. The van der Waals surface area contributed by atoms with Gasteiger partial charge in [-0.15, -0.1) is 0 Å². The van der Waals surface area contributed by atoms with E-state index in [1.165, 1.54) is 24.8 Å². The lowest BCUT2D eigenvalue weighted by Crippen LogP contribution is -2.34. The highest BCUT2D eigenvalue weighted by molar-refractivity contribution is 5.28. The molecule has 3 heteroatoms. The normalized spacial score (nSPS) is 23.2. The van der Waals surface area contributed by atoms with Crippen LogP contribution in [-0.4, -0.2) is 25.2 Å². The molecule has 0 saturated heterocycles. The second-order valence-corrected chi connectivity index (χ2v) is 4.81. The molecular formula is C14H22N2O. The Morgan fingerprint density at radius 3 is 2.94 bits per heavy atom. The van der Waals surface area contributed by atoms with Crippen molar-refractivity contribution in [3.05, 3.63) is 24.0 Å². The van der Waals surface area contributed by atoms with Crippen LogP contribution in [0.1, 0.15) is 37.7 Å². The zero-order valence-corrected chi connectivity index (χ0v) is 10.8.